The van der Waals surface area contributed by atoms with E-state index in [1.54, 1.807) is 19.9 Å². The maximum Gasteiger partial charge on any atom is 0.241 e. The topological polar surface area (TPSA) is 34.1 Å². The Balaban J connectivity index is 3.32. The summed E-state index contributed by atoms with van der Waals surface area (Å²) in [4.78, 5) is 22.3. The van der Waals surface area contributed by atoms with Gasteiger partial charge in [0.2, 0.25) is 11.6 Å². The molecule has 0 spiro atoms. The lowest BCUT2D eigenvalue weighted by Gasteiger charge is -2.08. The first-order valence-electron chi connectivity index (χ1n) is 3.52. The van der Waals surface area contributed by atoms with E-state index in [2.05, 4.69) is 5.92 Å². The number of carbonyl (C=O) groups is 2. The molecule has 0 aromatic heterocycles. The molecule has 12 heavy (non-hydrogen) atoms. The van der Waals surface area contributed by atoms with Gasteiger partial charge in [-0.15, -0.1) is 6.42 Å². The van der Waals surface area contributed by atoms with Gasteiger partial charge >= 0.3 is 0 Å². The van der Waals surface area contributed by atoms with Crippen molar-refractivity contribution in [2.45, 2.75) is 13.8 Å². The Morgan fingerprint density at radius 1 is 1.25 bits per heavy atom. The molecule has 0 bridgehead atoms. The summed E-state index contributed by atoms with van der Waals surface area (Å²) >= 11 is 0. The van der Waals surface area contributed by atoms with E-state index < -0.39 is 11.6 Å². The number of allylic oxidation sites excluding steroid dienone is 4. The molecule has 0 aliphatic heterocycles. The van der Waals surface area contributed by atoms with Crippen LogP contribution < -0.4 is 0 Å². The van der Waals surface area contributed by atoms with Gasteiger partial charge in [0.15, 0.2) is 0 Å². The molecular formula is C10H8O2. The number of hydrogen-bond acceptors (Lipinski definition) is 2. The molecule has 0 aromatic carbocycles. The SMILES string of the molecule is C#CC1=C(C)C=C(C)C(=O)C1=O. The van der Waals surface area contributed by atoms with Gasteiger partial charge in [0.05, 0.1) is 5.57 Å². The van der Waals surface area contributed by atoms with E-state index >= 15 is 0 Å². The zero-order chi connectivity index (χ0) is 9.30. The van der Waals surface area contributed by atoms with Crippen LogP contribution in [-0.4, -0.2) is 11.6 Å². The Morgan fingerprint density at radius 3 is 2.33 bits per heavy atom. The summed E-state index contributed by atoms with van der Waals surface area (Å²) in [5.74, 6) is 1.17. The van der Waals surface area contributed by atoms with E-state index in [1.807, 2.05) is 0 Å². The third-order valence-electron chi connectivity index (χ3n) is 1.76. The number of hydrogen-bond donors (Lipinski definition) is 0. The minimum atomic E-state index is -0.560. The summed E-state index contributed by atoms with van der Waals surface area (Å²) in [7, 11) is 0. The lowest BCUT2D eigenvalue weighted by molar-refractivity contribution is -0.132. The number of ketones is 2. The Kier molecular flexibility index (Phi) is 1.97. The summed E-state index contributed by atoms with van der Waals surface area (Å²) in [6.07, 6.45) is 6.72. The van der Waals surface area contributed by atoms with Gasteiger partial charge in [-0.3, -0.25) is 9.59 Å². The van der Waals surface area contributed by atoms with E-state index in [9.17, 15) is 9.59 Å². The second-order valence-corrected chi connectivity index (χ2v) is 2.69. The first-order chi connectivity index (χ1) is 5.57. The smallest absolute Gasteiger partial charge is 0.241 e. The monoisotopic (exact) mass is 160 g/mol. The van der Waals surface area contributed by atoms with E-state index in [-0.39, 0.29) is 5.57 Å². The highest BCUT2D eigenvalue weighted by Crippen LogP contribution is 2.16. The third-order valence-corrected chi connectivity index (χ3v) is 1.76. The van der Waals surface area contributed by atoms with Crippen LogP contribution in [0.2, 0.25) is 0 Å². The van der Waals surface area contributed by atoms with Crippen LogP contribution in [0.5, 0.6) is 0 Å². The first kappa shape index (κ1) is 8.48. The van der Waals surface area contributed by atoms with Crippen molar-refractivity contribution in [1.29, 1.82) is 0 Å². The fraction of sp³-hybridized carbons (Fsp3) is 0.200. The molecule has 1 aliphatic rings. The lowest BCUT2D eigenvalue weighted by atomic mass is 9.92. The Bertz CT molecular complexity index is 362. The van der Waals surface area contributed by atoms with Gasteiger partial charge < -0.3 is 0 Å². The predicted molar refractivity (Wildman–Crippen MR) is 45.3 cm³/mol. The standard InChI is InChI=1S/C10H8O2/c1-4-8-6(2)5-7(3)9(11)10(8)12/h1,5H,2-3H3. The largest absolute Gasteiger partial charge is 0.285 e. The molecule has 0 unspecified atom stereocenters. The fourth-order valence-electron chi connectivity index (χ4n) is 1.11. The minimum absolute atomic E-state index is 0.186. The van der Waals surface area contributed by atoms with Gasteiger partial charge in [-0.1, -0.05) is 12.0 Å². The molecule has 0 saturated heterocycles. The second-order valence-electron chi connectivity index (χ2n) is 2.69. The van der Waals surface area contributed by atoms with Gasteiger partial charge in [0, 0.05) is 5.57 Å². The first-order valence-corrected chi connectivity index (χ1v) is 3.52. The molecule has 0 N–H and O–H groups in total. The van der Waals surface area contributed by atoms with Gasteiger partial charge in [-0.05, 0) is 19.4 Å². The molecule has 0 aromatic rings. The molecule has 1 aliphatic carbocycles. The molecule has 1 rings (SSSR count). The summed E-state index contributed by atoms with van der Waals surface area (Å²) in [6.45, 7) is 3.33. The minimum Gasteiger partial charge on any atom is -0.285 e. The van der Waals surface area contributed by atoms with Gasteiger partial charge in [0.25, 0.3) is 0 Å². The van der Waals surface area contributed by atoms with Crippen LogP contribution in [0, 0.1) is 12.3 Å². The summed E-state index contributed by atoms with van der Waals surface area (Å²) in [6, 6.07) is 0. The number of carbonyl (C=O) groups excluding carboxylic acids is 2. The van der Waals surface area contributed by atoms with E-state index in [1.165, 1.54) is 0 Å². The second kappa shape index (κ2) is 2.78. The molecule has 0 heterocycles. The molecule has 0 atom stereocenters. The maximum absolute atomic E-state index is 11.2. The highest BCUT2D eigenvalue weighted by Gasteiger charge is 2.24. The van der Waals surface area contributed by atoms with Crippen LogP contribution in [0.1, 0.15) is 13.8 Å². The average molecular weight is 160 g/mol. The van der Waals surface area contributed by atoms with Crippen molar-refractivity contribution in [1.82, 2.24) is 0 Å². The fourth-order valence-corrected chi connectivity index (χ4v) is 1.11. The van der Waals surface area contributed by atoms with E-state index in [0.29, 0.717) is 11.1 Å². The normalized spacial score (nSPS) is 17.6. The predicted octanol–water partition coefficient (Wildman–Crippen LogP) is 1.03. The van der Waals surface area contributed by atoms with E-state index in [4.69, 9.17) is 6.42 Å². The number of Topliss-reactive ketones (excluding diaryl/α,β-unsaturated/α-hetero) is 2. The zero-order valence-corrected chi connectivity index (χ0v) is 6.97. The third kappa shape index (κ3) is 1.10. The van der Waals surface area contributed by atoms with Crippen molar-refractivity contribution >= 4 is 11.6 Å². The van der Waals surface area contributed by atoms with Crippen LogP contribution in [0.3, 0.4) is 0 Å². The van der Waals surface area contributed by atoms with Gasteiger partial charge in [-0.25, -0.2) is 0 Å². The van der Waals surface area contributed by atoms with Crippen molar-refractivity contribution in [2.75, 3.05) is 0 Å². The maximum atomic E-state index is 11.2. The lowest BCUT2D eigenvalue weighted by Crippen LogP contribution is -2.20. The summed E-state index contributed by atoms with van der Waals surface area (Å²) in [5.41, 5.74) is 1.33. The van der Waals surface area contributed by atoms with Crippen LogP contribution in [0.4, 0.5) is 0 Å². The summed E-state index contributed by atoms with van der Waals surface area (Å²) < 4.78 is 0. The molecule has 0 fully saturated rings. The highest BCUT2D eigenvalue weighted by molar-refractivity contribution is 6.50. The quantitative estimate of drug-likeness (QED) is 0.301. The van der Waals surface area contributed by atoms with Crippen LogP contribution >= 0.6 is 0 Å². The Labute approximate surface area is 71.0 Å². The average Bonchev–Trinajstić information content (AvgIpc) is 2.01. The zero-order valence-electron chi connectivity index (χ0n) is 6.97. The molecule has 60 valence electrons. The molecule has 2 nitrogen and oxygen atoms in total. The molecule has 0 saturated carbocycles. The molecule has 2 heteroatoms. The van der Waals surface area contributed by atoms with Crippen molar-refractivity contribution in [3.8, 4) is 12.3 Å². The van der Waals surface area contributed by atoms with Crippen LogP contribution in [-0.2, 0) is 9.59 Å². The van der Waals surface area contributed by atoms with Crippen molar-refractivity contribution in [3.05, 3.63) is 22.8 Å². The van der Waals surface area contributed by atoms with Crippen molar-refractivity contribution in [3.63, 3.8) is 0 Å². The number of rotatable bonds is 0. The van der Waals surface area contributed by atoms with Gasteiger partial charge in [0.1, 0.15) is 0 Å². The van der Waals surface area contributed by atoms with E-state index in [0.717, 1.165) is 0 Å². The van der Waals surface area contributed by atoms with Crippen molar-refractivity contribution in [2.24, 2.45) is 0 Å². The molecule has 0 amide bonds. The number of terminal acetylenes is 1. The van der Waals surface area contributed by atoms with Crippen molar-refractivity contribution < 1.29 is 9.59 Å². The van der Waals surface area contributed by atoms with Crippen LogP contribution in [0.25, 0.3) is 0 Å². The molecular weight excluding hydrogens is 152 g/mol. The molecule has 0 radical (unpaired) electrons. The Morgan fingerprint density at radius 2 is 1.83 bits per heavy atom. The Hall–Kier alpha value is -1.62. The van der Waals surface area contributed by atoms with Gasteiger partial charge in [-0.2, -0.15) is 0 Å². The summed E-state index contributed by atoms with van der Waals surface area (Å²) in [5, 5.41) is 0. The van der Waals surface area contributed by atoms with Crippen LogP contribution in [0.15, 0.2) is 22.8 Å². The highest BCUT2D eigenvalue weighted by atomic mass is 16.2.